The van der Waals surface area contributed by atoms with Crippen molar-refractivity contribution in [3.8, 4) is 0 Å². The van der Waals surface area contributed by atoms with E-state index in [-0.39, 0.29) is 12.8 Å². The highest BCUT2D eigenvalue weighted by molar-refractivity contribution is 5.80. The molecule has 112 valence electrons. The second-order valence-corrected chi connectivity index (χ2v) is 5.30. The molecule has 7 N–H and O–H groups in total. The minimum Gasteiger partial charge on any atom is -0.390 e. The van der Waals surface area contributed by atoms with Crippen LogP contribution in [0.2, 0.25) is 0 Å². The number of primary amides is 2. The predicted octanol–water partition coefficient (Wildman–Crippen LogP) is -1.37. The molecule has 0 aromatic rings. The molecule has 0 aliphatic heterocycles. The van der Waals surface area contributed by atoms with Crippen LogP contribution in [0.15, 0.2) is 0 Å². The number of aliphatic hydroxyl groups excluding tert-OH is 3. The van der Waals surface area contributed by atoms with E-state index in [1.807, 2.05) is 0 Å². The third kappa shape index (κ3) is 5.54. The number of carbonyl (C=O) groups excluding carboxylic acids is 2. The highest BCUT2D eigenvalue weighted by atomic mass is 16.4. The molecule has 7 heteroatoms. The van der Waals surface area contributed by atoms with Gasteiger partial charge in [-0.25, -0.2) is 0 Å². The molecule has 0 rings (SSSR count). The normalized spacial score (nSPS) is 16.7. The van der Waals surface area contributed by atoms with Gasteiger partial charge in [0.15, 0.2) is 0 Å². The van der Waals surface area contributed by atoms with E-state index >= 15 is 0 Å². The zero-order valence-corrected chi connectivity index (χ0v) is 11.4. The molecule has 19 heavy (non-hydrogen) atoms. The second kappa shape index (κ2) is 7.42. The summed E-state index contributed by atoms with van der Waals surface area (Å²) in [6, 6.07) is 0. The van der Waals surface area contributed by atoms with E-state index in [9.17, 15) is 24.9 Å². The molecule has 0 aliphatic rings. The Labute approximate surface area is 112 Å². The van der Waals surface area contributed by atoms with E-state index in [2.05, 4.69) is 0 Å². The highest BCUT2D eigenvalue weighted by Gasteiger charge is 2.40. The van der Waals surface area contributed by atoms with E-state index in [4.69, 9.17) is 11.5 Å². The molecule has 0 spiro atoms. The van der Waals surface area contributed by atoms with Crippen LogP contribution in [0, 0.1) is 5.41 Å². The minimum absolute atomic E-state index is 0.195. The Balaban J connectivity index is 4.28. The van der Waals surface area contributed by atoms with Crippen molar-refractivity contribution < 1.29 is 24.9 Å². The van der Waals surface area contributed by atoms with E-state index < -0.39 is 35.5 Å². The summed E-state index contributed by atoms with van der Waals surface area (Å²) in [5.41, 5.74) is 8.75. The van der Waals surface area contributed by atoms with Gasteiger partial charge in [-0.3, -0.25) is 9.59 Å². The summed E-state index contributed by atoms with van der Waals surface area (Å²) >= 11 is 0. The number of carbonyl (C=O) groups is 2. The van der Waals surface area contributed by atoms with Gasteiger partial charge in [-0.2, -0.15) is 0 Å². The summed E-state index contributed by atoms with van der Waals surface area (Å²) in [5.74, 6) is -1.19. The summed E-state index contributed by atoms with van der Waals surface area (Å²) in [5, 5.41) is 29.3. The zero-order valence-electron chi connectivity index (χ0n) is 11.4. The van der Waals surface area contributed by atoms with Gasteiger partial charge in [-0.1, -0.05) is 6.42 Å². The van der Waals surface area contributed by atoms with Gasteiger partial charge in [0, 0.05) is 6.42 Å². The van der Waals surface area contributed by atoms with Crippen LogP contribution >= 0.6 is 0 Å². The summed E-state index contributed by atoms with van der Waals surface area (Å²) < 4.78 is 0. The SMILES string of the molecule is CC(C)(C(N)=O)C(O)C(O)C(O)CCCCC(N)=O. The third-order valence-corrected chi connectivity index (χ3v) is 3.27. The van der Waals surface area contributed by atoms with Gasteiger partial charge < -0.3 is 26.8 Å². The first kappa shape index (κ1) is 17.8. The van der Waals surface area contributed by atoms with E-state index in [0.717, 1.165) is 0 Å². The molecule has 3 unspecified atom stereocenters. The lowest BCUT2D eigenvalue weighted by Gasteiger charge is -2.32. The Morgan fingerprint density at radius 1 is 1.11 bits per heavy atom. The molecule has 3 atom stereocenters. The van der Waals surface area contributed by atoms with Crippen molar-refractivity contribution >= 4 is 11.8 Å². The van der Waals surface area contributed by atoms with Gasteiger partial charge in [0.05, 0.1) is 17.6 Å². The molecule has 0 fully saturated rings. The van der Waals surface area contributed by atoms with Crippen molar-refractivity contribution in [1.29, 1.82) is 0 Å². The van der Waals surface area contributed by atoms with Crippen molar-refractivity contribution in [1.82, 2.24) is 0 Å². The van der Waals surface area contributed by atoms with Gasteiger partial charge >= 0.3 is 0 Å². The van der Waals surface area contributed by atoms with Crippen molar-refractivity contribution in [3.63, 3.8) is 0 Å². The third-order valence-electron chi connectivity index (χ3n) is 3.27. The van der Waals surface area contributed by atoms with E-state index in [1.165, 1.54) is 13.8 Å². The average molecular weight is 276 g/mol. The first-order valence-electron chi connectivity index (χ1n) is 6.23. The van der Waals surface area contributed by atoms with Crippen LogP contribution in [0.1, 0.15) is 39.5 Å². The van der Waals surface area contributed by atoms with Gasteiger partial charge in [-0.05, 0) is 26.7 Å². The Kier molecular flexibility index (Phi) is 6.96. The van der Waals surface area contributed by atoms with Gasteiger partial charge in [0.25, 0.3) is 0 Å². The Morgan fingerprint density at radius 3 is 2.05 bits per heavy atom. The molecule has 2 amide bonds. The molecule has 0 heterocycles. The maximum absolute atomic E-state index is 11.1. The Bertz CT molecular complexity index is 319. The van der Waals surface area contributed by atoms with E-state index in [0.29, 0.717) is 12.8 Å². The topological polar surface area (TPSA) is 147 Å². The van der Waals surface area contributed by atoms with Crippen LogP contribution in [-0.2, 0) is 9.59 Å². The number of amides is 2. The number of hydrogen-bond acceptors (Lipinski definition) is 5. The van der Waals surface area contributed by atoms with Crippen LogP contribution < -0.4 is 11.5 Å². The van der Waals surface area contributed by atoms with Crippen LogP contribution in [0.25, 0.3) is 0 Å². The van der Waals surface area contributed by atoms with Crippen LogP contribution in [0.4, 0.5) is 0 Å². The molecule has 7 nitrogen and oxygen atoms in total. The number of aliphatic hydroxyl groups is 3. The van der Waals surface area contributed by atoms with Crippen LogP contribution in [-0.4, -0.2) is 45.4 Å². The standard InChI is InChI=1S/C12H24N2O5/c1-12(2,11(14)19)10(18)9(17)7(15)5-3-4-6-8(13)16/h7,9-10,15,17-18H,3-6H2,1-2H3,(H2,13,16)(H2,14,19). The molecular weight excluding hydrogens is 252 g/mol. The lowest BCUT2D eigenvalue weighted by molar-refractivity contribution is -0.145. The number of nitrogens with two attached hydrogens (primary N) is 2. The lowest BCUT2D eigenvalue weighted by atomic mass is 9.81. The fourth-order valence-corrected chi connectivity index (χ4v) is 1.61. The molecule has 0 aromatic carbocycles. The van der Waals surface area contributed by atoms with Gasteiger partial charge in [0.2, 0.25) is 11.8 Å². The summed E-state index contributed by atoms with van der Waals surface area (Å²) in [7, 11) is 0. The monoisotopic (exact) mass is 276 g/mol. The molecule has 0 radical (unpaired) electrons. The maximum atomic E-state index is 11.1. The first-order valence-corrected chi connectivity index (χ1v) is 6.23. The lowest BCUT2D eigenvalue weighted by Crippen LogP contribution is -2.51. The molecular formula is C12H24N2O5. The van der Waals surface area contributed by atoms with Gasteiger partial charge in [0.1, 0.15) is 6.10 Å². The van der Waals surface area contributed by atoms with Crippen molar-refractivity contribution in [3.05, 3.63) is 0 Å². The average Bonchev–Trinajstić information content (AvgIpc) is 2.31. The fraction of sp³-hybridized carbons (Fsp3) is 0.833. The first-order chi connectivity index (χ1) is 8.60. The summed E-state index contributed by atoms with van der Waals surface area (Å²) in [6.07, 6.45) is -2.76. The second-order valence-electron chi connectivity index (χ2n) is 5.30. The Morgan fingerprint density at radius 2 is 1.63 bits per heavy atom. The van der Waals surface area contributed by atoms with E-state index in [1.54, 1.807) is 0 Å². The van der Waals surface area contributed by atoms with Crippen LogP contribution in [0.5, 0.6) is 0 Å². The highest BCUT2D eigenvalue weighted by Crippen LogP contribution is 2.25. The number of unbranched alkanes of at least 4 members (excludes halogenated alkanes) is 1. The van der Waals surface area contributed by atoms with Crippen molar-refractivity contribution in [2.24, 2.45) is 16.9 Å². The molecule has 0 aliphatic carbocycles. The Hall–Kier alpha value is -1.18. The van der Waals surface area contributed by atoms with Crippen molar-refractivity contribution in [2.75, 3.05) is 0 Å². The zero-order chi connectivity index (χ0) is 15.2. The number of rotatable bonds is 9. The minimum atomic E-state index is -1.48. The molecule has 0 saturated carbocycles. The molecule has 0 saturated heterocycles. The van der Waals surface area contributed by atoms with Crippen LogP contribution in [0.3, 0.4) is 0 Å². The molecule has 0 aromatic heterocycles. The smallest absolute Gasteiger partial charge is 0.225 e. The predicted molar refractivity (Wildman–Crippen MR) is 68.7 cm³/mol. The summed E-state index contributed by atoms with van der Waals surface area (Å²) in [6.45, 7) is 2.78. The summed E-state index contributed by atoms with van der Waals surface area (Å²) in [4.78, 5) is 21.7. The van der Waals surface area contributed by atoms with Crippen molar-refractivity contribution in [2.45, 2.75) is 57.8 Å². The maximum Gasteiger partial charge on any atom is 0.225 e. The largest absolute Gasteiger partial charge is 0.390 e. The molecule has 0 bridgehead atoms. The number of hydrogen-bond donors (Lipinski definition) is 5. The fourth-order valence-electron chi connectivity index (χ4n) is 1.61. The quantitative estimate of drug-likeness (QED) is 0.329. The van der Waals surface area contributed by atoms with Gasteiger partial charge in [-0.15, -0.1) is 0 Å².